The van der Waals surface area contributed by atoms with Gasteiger partial charge in [0.2, 0.25) is 11.1 Å². The highest BCUT2D eigenvalue weighted by Crippen LogP contribution is 2.38. The van der Waals surface area contributed by atoms with Gasteiger partial charge in [0.05, 0.1) is 11.3 Å². The van der Waals surface area contributed by atoms with Gasteiger partial charge in [-0.15, -0.1) is 0 Å². The van der Waals surface area contributed by atoms with Crippen molar-refractivity contribution >= 4 is 35.0 Å². The van der Waals surface area contributed by atoms with Crippen molar-refractivity contribution in [3.8, 4) is 22.6 Å². The molecule has 0 fully saturated rings. The summed E-state index contributed by atoms with van der Waals surface area (Å²) in [6.45, 7) is 1.46. The Labute approximate surface area is 231 Å². The van der Waals surface area contributed by atoms with Gasteiger partial charge in [-0.25, -0.2) is 9.29 Å². The fraction of sp³-hybridized carbons (Fsp3) is 0.103. The summed E-state index contributed by atoms with van der Waals surface area (Å²) >= 11 is 7.65. The van der Waals surface area contributed by atoms with Crippen LogP contribution in [0.5, 0.6) is 0 Å². The van der Waals surface area contributed by atoms with Crippen LogP contribution in [0.15, 0.2) is 99.3 Å². The van der Waals surface area contributed by atoms with Crippen LogP contribution in [0, 0.1) is 5.82 Å². The molecule has 1 aliphatic rings. The Morgan fingerprint density at radius 1 is 1.08 bits per heavy atom. The number of nitrogens with zero attached hydrogens (tertiary/aromatic N) is 3. The van der Waals surface area contributed by atoms with Crippen LogP contribution in [0.3, 0.4) is 0 Å². The molecule has 10 heteroatoms. The lowest BCUT2D eigenvalue weighted by atomic mass is 10.0. The summed E-state index contributed by atoms with van der Waals surface area (Å²) in [5.74, 6) is 0.762. The second-order valence-electron chi connectivity index (χ2n) is 8.92. The van der Waals surface area contributed by atoms with Crippen molar-refractivity contribution in [3.63, 3.8) is 0 Å². The van der Waals surface area contributed by atoms with E-state index in [4.69, 9.17) is 21.1 Å². The number of aromatic amines is 1. The van der Waals surface area contributed by atoms with Crippen LogP contribution >= 0.6 is 23.4 Å². The molecule has 1 atom stereocenters. The van der Waals surface area contributed by atoms with Crippen molar-refractivity contribution < 1.29 is 18.3 Å². The minimum atomic E-state index is -0.872. The van der Waals surface area contributed by atoms with Crippen molar-refractivity contribution in [3.05, 3.63) is 117 Å². The summed E-state index contributed by atoms with van der Waals surface area (Å²) in [5.41, 5.74) is 2.67. The second kappa shape index (κ2) is 10.2. The highest BCUT2D eigenvalue weighted by Gasteiger charge is 2.46. The highest BCUT2D eigenvalue weighted by molar-refractivity contribution is 7.98. The van der Waals surface area contributed by atoms with Gasteiger partial charge >= 0.3 is 17.4 Å². The quantitative estimate of drug-likeness (QED) is 0.211. The smallest absolute Gasteiger partial charge is 0.325 e. The lowest BCUT2D eigenvalue weighted by Crippen LogP contribution is -2.60. The Hall–Kier alpha value is -4.21. The molecule has 3 heterocycles. The maximum Gasteiger partial charge on any atom is 0.325 e. The highest BCUT2D eigenvalue weighted by atomic mass is 35.5. The topological polar surface area (TPSA) is 83.1 Å². The number of furan rings is 1. The van der Waals surface area contributed by atoms with Crippen LogP contribution in [-0.2, 0) is 10.5 Å². The summed E-state index contributed by atoms with van der Waals surface area (Å²) in [6.07, 6.45) is -0.872. The van der Waals surface area contributed by atoms with E-state index in [2.05, 4.69) is 4.98 Å². The van der Waals surface area contributed by atoms with E-state index in [0.717, 1.165) is 5.56 Å². The standard InChI is InChI=1S/C29H20ClFN4O3S/c1-17(36)34-23-9-5-3-7-21(23)26-27(37)32-29(39-16-19-6-2-4-8-22(19)30)33-35(26)28(34)25-15-14-24(38-25)18-10-12-20(31)13-11-18/h2-15,28H,16H2,1H3/p+1/t28-/m0/s1. The summed E-state index contributed by atoms with van der Waals surface area (Å²) in [6, 6.07) is 24.1. The number of benzene rings is 3. The third kappa shape index (κ3) is 4.64. The summed E-state index contributed by atoms with van der Waals surface area (Å²) in [7, 11) is 0. The number of nitrogens with one attached hydrogen (secondary N) is 1. The summed E-state index contributed by atoms with van der Waals surface area (Å²) < 4.78 is 21.2. The van der Waals surface area contributed by atoms with Crippen molar-refractivity contribution in [2.24, 2.45) is 0 Å². The molecule has 0 spiro atoms. The number of fused-ring (bicyclic) bond motifs is 3. The Morgan fingerprint density at radius 3 is 2.59 bits per heavy atom. The lowest BCUT2D eigenvalue weighted by molar-refractivity contribution is -0.764. The Morgan fingerprint density at radius 2 is 1.82 bits per heavy atom. The van der Waals surface area contributed by atoms with Gasteiger partial charge < -0.3 is 4.42 Å². The molecule has 0 saturated carbocycles. The molecule has 7 nitrogen and oxygen atoms in total. The molecular formula is C29H21ClFN4O3S+. The minimum absolute atomic E-state index is 0.252. The lowest BCUT2D eigenvalue weighted by Gasteiger charge is -2.30. The summed E-state index contributed by atoms with van der Waals surface area (Å²) in [5, 5.41) is 5.76. The van der Waals surface area contributed by atoms with Gasteiger partial charge in [-0.05, 0) is 64.8 Å². The van der Waals surface area contributed by atoms with Gasteiger partial charge in [-0.1, -0.05) is 53.7 Å². The molecule has 0 aliphatic carbocycles. The van der Waals surface area contributed by atoms with E-state index in [1.165, 1.54) is 35.5 Å². The molecule has 3 aromatic carbocycles. The SMILES string of the molecule is CC(=O)N1c2ccccc2-c2c(=O)[nH]c(SCc3ccccc3Cl)n[n+]2[C@H]1c1ccc(-c2ccc(F)cc2)o1. The Balaban J connectivity index is 1.49. The van der Waals surface area contributed by atoms with Gasteiger partial charge in [-0.3, -0.25) is 14.6 Å². The Bertz CT molecular complexity index is 1770. The van der Waals surface area contributed by atoms with Crippen molar-refractivity contribution in [1.82, 2.24) is 10.1 Å². The zero-order valence-electron chi connectivity index (χ0n) is 20.6. The number of H-pyrrole nitrogens is 1. The van der Waals surface area contributed by atoms with Gasteiger partial charge in [0.1, 0.15) is 11.6 Å². The van der Waals surface area contributed by atoms with E-state index in [1.54, 1.807) is 47.4 Å². The van der Waals surface area contributed by atoms with Gasteiger partial charge in [-0.2, -0.15) is 0 Å². The first-order chi connectivity index (χ1) is 18.9. The van der Waals surface area contributed by atoms with Crippen molar-refractivity contribution in [2.45, 2.75) is 24.0 Å². The Kier molecular flexibility index (Phi) is 6.54. The predicted octanol–water partition coefficient (Wildman–Crippen LogP) is 5.98. The summed E-state index contributed by atoms with van der Waals surface area (Å²) in [4.78, 5) is 31.0. The maximum absolute atomic E-state index is 13.5. The first kappa shape index (κ1) is 25.1. The largest absolute Gasteiger partial charge is 0.452 e. The number of thioether (sulfide) groups is 1. The number of aromatic nitrogens is 3. The molecule has 194 valence electrons. The van der Waals surface area contributed by atoms with Crippen LogP contribution in [0.1, 0.15) is 24.4 Å². The third-order valence-corrected chi connectivity index (χ3v) is 7.71. The molecule has 1 aliphatic heterocycles. The second-order valence-corrected chi connectivity index (χ2v) is 10.3. The number of amides is 1. The fourth-order valence-corrected chi connectivity index (χ4v) is 5.79. The zero-order valence-corrected chi connectivity index (χ0v) is 22.2. The minimum Gasteiger partial charge on any atom is -0.452 e. The molecule has 0 unspecified atom stereocenters. The number of hydrogen-bond acceptors (Lipinski definition) is 5. The average molecular weight is 560 g/mol. The van der Waals surface area contributed by atoms with Crippen LogP contribution in [0.25, 0.3) is 22.6 Å². The monoisotopic (exact) mass is 559 g/mol. The molecule has 0 radical (unpaired) electrons. The van der Waals surface area contributed by atoms with E-state index in [0.29, 0.717) is 50.0 Å². The third-order valence-electron chi connectivity index (χ3n) is 6.43. The number of halogens is 2. The number of hydrogen-bond donors (Lipinski definition) is 1. The zero-order chi connectivity index (χ0) is 27.1. The molecule has 0 saturated heterocycles. The van der Waals surface area contributed by atoms with E-state index in [9.17, 15) is 14.0 Å². The van der Waals surface area contributed by atoms with E-state index in [-0.39, 0.29) is 17.3 Å². The fourth-order valence-electron chi connectivity index (χ4n) is 4.66. The molecule has 1 amide bonds. The number of rotatable bonds is 5. The van der Waals surface area contributed by atoms with Gasteiger partial charge in [0.25, 0.3) is 0 Å². The molecule has 1 N–H and O–H groups in total. The van der Waals surface area contributed by atoms with Crippen LogP contribution in [0.4, 0.5) is 10.1 Å². The number of para-hydroxylation sites is 1. The van der Waals surface area contributed by atoms with Crippen LogP contribution in [0.2, 0.25) is 5.02 Å². The predicted molar refractivity (Wildman–Crippen MR) is 147 cm³/mol. The normalized spacial score (nSPS) is 14.1. The van der Waals surface area contributed by atoms with Crippen LogP contribution in [-0.4, -0.2) is 16.0 Å². The molecule has 39 heavy (non-hydrogen) atoms. The number of carbonyl (C=O) groups is 1. The maximum atomic E-state index is 13.5. The van der Waals surface area contributed by atoms with Gasteiger partial charge in [0, 0.05) is 28.4 Å². The van der Waals surface area contributed by atoms with Gasteiger partial charge in [0.15, 0.2) is 5.76 Å². The van der Waals surface area contributed by atoms with Crippen molar-refractivity contribution in [1.29, 1.82) is 0 Å². The van der Waals surface area contributed by atoms with E-state index >= 15 is 0 Å². The first-order valence-electron chi connectivity index (χ1n) is 12.1. The molecule has 6 rings (SSSR count). The average Bonchev–Trinajstić information content (AvgIpc) is 3.42. The van der Waals surface area contributed by atoms with Crippen molar-refractivity contribution in [2.75, 3.05) is 4.90 Å². The van der Waals surface area contributed by atoms with E-state index in [1.807, 2.05) is 30.3 Å². The molecular weight excluding hydrogens is 539 g/mol. The van der Waals surface area contributed by atoms with Crippen LogP contribution < -0.4 is 15.1 Å². The number of carbonyl (C=O) groups excluding carboxylic acids is 1. The first-order valence-corrected chi connectivity index (χ1v) is 13.4. The molecule has 0 bridgehead atoms. The molecule has 2 aromatic heterocycles. The number of anilines is 1. The van der Waals surface area contributed by atoms with E-state index < -0.39 is 6.17 Å². The molecule has 5 aromatic rings.